The Bertz CT molecular complexity index is 676. The number of rotatable bonds is 6. The second-order valence-corrected chi connectivity index (χ2v) is 7.70. The Balaban J connectivity index is 1.56. The molecule has 0 amide bonds. The summed E-state index contributed by atoms with van der Waals surface area (Å²) >= 11 is 1.42. The van der Waals surface area contributed by atoms with Crippen LogP contribution in [0.5, 0.6) is 0 Å². The Morgan fingerprint density at radius 1 is 1.12 bits per heavy atom. The van der Waals surface area contributed by atoms with Crippen LogP contribution in [0.15, 0.2) is 4.52 Å². The summed E-state index contributed by atoms with van der Waals surface area (Å²) < 4.78 is 15.6. The lowest BCUT2D eigenvalue weighted by molar-refractivity contribution is 0.0571. The van der Waals surface area contributed by atoms with Gasteiger partial charge in [-0.25, -0.2) is 4.98 Å². The molecule has 4 rings (SSSR count). The number of nitrogens with one attached hydrogen (secondary N) is 1. The predicted octanol–water partition coefficient (Wildman–Crippen LogP) is 3.50. The first-order valence-electron chi connectivity index (χ1n) is 8.72. The van der Waals surface area contributed by atoms with Crippen molar-refractivity contribution in [3.63, 3.8) is 0 Å². The van der Waals surface area contributed by atoms with E-state index in [-0.39, 0.29) is 12.0 Å². The Hall–Kier alpha value is -1.54. The molecule has 1 saturated carbocycles. The third-order valence-electron chi connectivity index (χ3n) is 4.64. The highest BCUT2D eigenvalue weighted by atomic mass is 32.1. The summed E-state index contributed by atoms with van der Waals surface area (Å²) in [6.45, 7) is 5.69. The molecule has 1 aliphatic carbocycles. The number of anilines is 1. The maximum absolute atomic E-state index is 5.57. The lowest BCUT2D eigenvalue weighted by Crippen LogP contribution is -2.27. The van der Waals surface area contributed by atoms with Crippen LogP contribution in [0.2, 0.25) is 0 Å². The lowest BCUT2D eigenvalue weighted by atomic mass is 9.91. The predicted molar refractivity (Wildman–Crippen MR) is 90.2 cm³/mol. The van der Waals surface area contributed by atoms with Gasteiger partial charge in [-0.15, -0.1) is 0 Å². The molecule has 1 saturated heterocycles. The molecule has 3 heterocycles. The van der Waals surface area contributed by atoms with Crippen LogP contribution in [0.3, 0.4) is 0 Å². The molecule has 0 unspecified atom stereocenters. The molecule has 7 nitrogen and oxygen atoms in total. The highest BCUT2D eigenvalue weighted by molar-refractivity contribution is 7.09. The van der Waals surface area contributed by atoms with Crippen molar-refractivity contribution in [2.75, 3.05) is 18.5 Å². The number of nitrogens with zero attached hydrogens (tertiary/aromatic N) is 4. The van der Waals surface area contributed by atoms with E-state index in [1.807, 2.05) is 0 Å². The molecule has 2 aliphatic rings. The van der Waals surface area contributed by atoms with E-state index >= 15 is 0 Å². The second kappa shape index (κ2) is 6.76. The molecule has 8 heteroatoms. The van der Waals surface area contributed by atoms with Gasteiger partial charge in [0.1, 0.15) is 11.9 Å². The summed E-state index contributed by atoms with van der Waals surface area (Å²) in [7, 11) is 0. The van der Waals surface area contributed by atoms with Crippen LogP contribution in [-0.4, -0.2) is 32.7 Å². The highest BCUT2D eigenvalue weighted by Gasteiger charge is 2.32. The third kappa shape index (κ3) is 3.44. The van der Waals surface area contributed by atoms with Gasteiger partial charge < -0.3 is 14.6 Å². The summed E-state index contributed by atoms with van der Waals surface area (Å²) in [4.78, 5) is 9.26. The summed E-state index contributed by atoms with van der Waals surface area (Å²) in [6.07, 6.45) is 4.37. The van der Waals surface area contributed by atoms with Crippen molar-refractivity contribution in [2.45, 2.75) is 57.4 Å². The van der Waals surface area contributed by atoms with Gasteiger partial charge in [-0.05, 0) is 31.6 Å². The first kappa shape index (κ1) is 16.0. The molecule has 0 spiro atoms. The van der Waals surface area contributed by atoms with Crippen LogP contribution in [0.25, 0.3) is 0 Å². The molecule has 0 bridgehead atoms. The van der Waals surface area contributed by atoms with Crippen molar-refractivity contribution in [2.24, 2.45) is 5.92 Å². The molecular weight excluding hydrogens is 326 g/mol. The van der Waals surface area contributed by atoms with Gasteiger partial charge >= 0.3 is 0 Å². The monoisotopic (exact) mass is 349 g/mol. The topological polar surface area (TPSA) is 86.0 Å². The average molecular weight is 349 g/mol. The minimum absolute atomic E-state index is 0.0334. The molecule has 0 radical (unpaired) electrons. The smallest absolute Gasteiger partial charge is 0.249 e. The average Bonchev–Trinajstić information content (AvgIpc) is 3.14. The molecular formula is C16H23N5O2S. The van der Waals surface area contributed by atoms with Crippen LogP contribution >= 0.6 is 11.5 Å². The maximum atomic E-state index is 5.57. The van der Waals surface area contributed by atoms with Gasteiger partial charge in [-0.3, -0.25) is 0 Å². The van der Waals surface area contributed by atoms with Crippen molar-refractivity contribution in [3.05, 3.63) is 17.5 Å². The molecule has 2 aromatic rings. The lowest BCUT2D eigenvalue weighted by Gasteiger charge is -2.28. The molecule has 1 atom stereocenters. The van der Waals surface area contributed by atoms with Gasteiger partial charge in [-0.1, -0.05) is 19.0 Å². The summed E-state index contributed by atoms with van der Waals surface area (Å²) in [6, 6.07) is -0.0334. The summed E-state index contributed by atoms with van der Waals surface area (Å²) in [5.74, 6) is 3.58. The van der Waals surface area contributed by atoms with E-state index in [0.29, 0.717) is 17.7 Å². The fourth-order valence-corrected chi connectivity index (χ4v) is 3.66. The van der Waals surface area contributed by atoms with E-state index in [0.717, 1.165) is 42.8 Å². The maximum Gasteiger partial charge on any atom is 0.249 e. The van der Waals surface area contributed by atoms with E-state index in [1.165, 1.54) is 24.4 Å². The normalized spacial score (nSPS) is 20.5. The second-order valence-electron chi connectivity index (χ2n) is 6.95. The number of ether oxygens (including phenoxy) is 1. The minimum atomic E-state index is -0.0334. The van der Waals surface area contributed by atoms with Gasteiger partial charge in [-0.2, -0.15) is 9.36 Å². The first-order valence-corrected chi connectivity index (χ1v) is 9.49. The van der Waals surface area contributed by atoms with E-state index < -0.39 is 0 Å². The fraction of sp³-hybridized carbons (Fsp3) is 0.750. The van der Waals surface area contributed by atoms with E-state index in [2.05, 4.69) is 38.7 Å². The molecule has 0 aromatic carbocycles. The molecule has 1 aliphatic heterocycles. The largest absolute Gasteiger partial charge is 0.381 e. The summed E-state index contributed by atoms with van der Waals surface area (Å²) in [5.41, 5.74) is 0. The zero-order chi connectivity index (χ0) is 16.5. The van der Waals surface area contributed by atoms with Crippen molar-refractivity contribution in [1.29, 1.82) is 0 Å². The van der Waals surface area contributed by atoms with Crippen LogP contribution in [-0.2, 0) is 4.74 Å². The van der Waals surface area contributed by atoms with Gasteiger partial charge in [0.25, 0.3) is 0 Å². The van der Waals surface area contributed by atoms with Crippen molar-refractivity contribution in [3.8, 4) is 0 Å². The van der Waals surface area contributed by atoms with E-state index in [9.17, 15) is 0 Å². The first-order chi connectivity index (χ1) is 11.7. The van der Waals surface area contributed by atoms with Gasteiger partial charge in [0.05, 0.1) is 0 Å². The molecule has 130 valence electrons. The Morgan fingerprint density at radius 2 is 1.92 bits per heavy atom. The van der Waals surface area contributed by atoms with E-state index in [1.54, 1.807) is 0 Å². The number of hydrogen-bond acceptors (Lipinski definition) is 8. The van der Waals surface area contributed by atoms with Crippen LogP contribution < -0.4 is 5.32 Å². The Morgan fingerprint density at radius 3 is 2.58 bits per heavy atom. The molecule has 2 aromatic heterocycles. The fourth-order valence-electron chi connectivity index (χ4n) is 2.97. The molecule has 24 heavy (non-hydrogen) atoms. The Labute approximate surface area is 145 Å². The third-order valence-corrected chi connectivity index (χ3v) is 5.30. The highest BCUT2D eigenvalue weighted by Crippen LogP contribution is 2.40. The van der Waals surface area contributed by atoms with Crippen molar-refractivity contribution >= 4 is 16.7 Å². The van der Waals surface area contributed by atoms with Crippen molar-refractivity contribution in [1.82, 2.24) is 19.5 Å². The zero-order valence-corrected chi connectivity index (χ0v) is 14.9. The quantitative estimate of drug-likeness (QED) is 0.854. The number of aromatic nitrogens is 4. The van der Waals surface area contributed by atoms with Gasteiger partial charge in [0.2, 0.25) is 11.0 Å². The van der Waals surface area contributed by atoms with Gasteiger partial charge in [0, 0.05) is 36.6 Å². The molecule has 2 fully saturated rings. The zero-order valence-electron chi connectivity index (χ0n) is 14.1. The van der Waals surface area contributed by atoms with Crippen LogP contribution in [0.1, 0.15) is 74.9 Å². The number of hydrogen-bond donors (Lipinski definition) is 1. The SMILES string of the molecule is CC(C)c1noc([C@@H](Nc2nc(C3CC3)ns2)C2CCOCC2)n1. The Kier molecular flexibility index (Phi) is 4.49. The summed E-state index contributed by atoms with van der Waals surface area (Å²) in [5, 5.41) is 8.49. The van der Waals surface area contributed by atoms with Crippen LogP contribution in [0, 0.1) is 5.92 Å². The van der Waals surface area contributed by atoms with Crippen molar-refractivity contribution < 1.29 is 9.26 Å². The minimum Gasteiger partial charge on any atom is -0.381 e. The van der Waals surface area contributed by atoms with Gasteiger partial charge in [0.15, 0.2) is 5.82 Å². The molecule has 1 N–H and O–H groups in total. The van der Waals surface area contributed by atoms with Crippen LogP contribution in [0.4, 0.5) is 5.13 Å². The van der Waals surface area contributed by atoms with E-state index in [4.69, 9.17) is 9.26 Å². The standard InChI is InChI=1S/C16H23N5O2S/c1-9(2)13-18-15(23-20-13)12(10-5-7-22-8-6-10)17-16-19-14(21-24-16)11-3-4-11/h9-12H,3-8H2,1-2H3,(H,17,19,21)/t12-/m0/s1.